The number of hydrogen-bond donors (Lipinski definition) is 2. The normalized spacial score (nSPS) is 27.0. The first kappa shape index (κ1) is 17.0. The average Bonchev–Trinajstić information content (AvgIpc) is 2.99. The third-order valence-electron chi connectivity index (χ3n) is 5.78. The summed E-state index contributed by atoms with van der Waals surface area (Å²) < 4.78 is 28.7. The van der Waals surface area contributed by atoms with Gasteiger partial charge in [0.05, 0.1) is 0 Å². The molecule has 6 nitrogen and oxygen atoms in total. The molecule has 3 atom stereocenters. The molecule has 1 aliphatic heterocycles. The number of nitrogens with one attached hydrogen (secondary N) is 2. The number of rotatable bonds is 4. The fraction of sp³-hybridized carbons (Fsp3) is 0.556. The van der Waals surface area contributed by atoms with Crippen molar-refractivity contribution in [2.75, 3.05) is 27.2 Å². The van der Waals surface area contributed by atoms with Crippen LogP contribution in [-0.2, 0) is 16.6 Å². The van der Waals surface area contributed by atoms with E-state index >= 15 is 0 Å². The lowest BCUT2D eigenvalue weighted by atomic mass is 9.74. The maximum absolute atomic E-state index is 12.3. The summed E-state index contributed by atoms with van der Waals surface area (Å²) >= 11 is 0. The summed E-state index contributed by atoms with van der Waals surface area (Å²) in [6, 6.07) is 6.82. The molecule has 1 fully saturated rings. The van der Waals surface area contributed by atoms with Gasteiger partial charge < -0.3 is 4.98 Å². The van der Waals surface area contributed by atoms with Crippen LogP contribution in [0.4, 0.5) is 0 Å². The van der Waals surface area contributed by atoms with Crippen molar-refractivity contribution >= 4 is 21.1 Å². The van der Waals surface area contributed by atoms with Gasteiger partial charge >= 0.3 is 0 Å². The lowest BCUT2D eigenvalue weighted by Crippen LogP contribution is -2.57. The van der Waals surface area contributed by atoms with Crippen LogP contribution < -0.4 is 4.72 Å². The summed E-state index contributed by atoms with van der Waals surface area (Å²) in [5.41, 5.74) is 3.93. The minimum atomic E-state index is -3.42. The van der Waals surface area contributed by atoms with Crippen molar-refractivity contribution < 1.29 is 8.42 Å². The van der Waals surface area contributed by atoms with Gasteiger partial charge in [-0.1, -0.05) is 19.1 Å². The Hall–Kier alpha value is -1.41. The van der Waals surface area contributed by atoms with Crippen LogP contribution in [0.2, 0.25) is 0 Å². The Morgan fingerprint density at radius 3 is 2.88 bits per heavy atom. The predicted molar refractivity (Wildman–Crippen MR) is 99.9 cm³/mol. The minimum absolute atomic E-state index is 0.0654. The van der Waals surface area contributed by atoms with E-state index in [0.717, 1.165) is 25.9 Å². The van der Waals surface area contributed by atoms with Gasteiger partial charge in [-0.05, 0) is 36.6 Å². The van der Waals surface area contributed by atoms with Gasteiger partial charge in [0.2, 0.25) is 0 Å². The van der Waals surface area contributed by atoms with Crippen LogP contribution in [0.1, 0.15) is 30.4 Å². The number of nitrogens with zero attached hydrogens (tertiary/aromatic N) is 2. The van der Waals surface area contributed by atoms with Gasteiger partial charge in [-0.25, -0.2) is 0 Å². The predicted octanol–water partition coefficient (Wildman–Crippen LogP) is 1.67. The molecular weight excluding hydrogens is 336 g/mol. The Bertz CT molecular complexity index is 890. The van der Waals surface area contributed by atoms with Crippen molar-refractivity contribution in [3.63, 3.8) is 0 Å². The maximum atomic E-state index is 12.3. The molecule has 4 rings (SSSR count). The first-order valence-corrected chi connectivity index (χ1v) is 10.4. The van der Waals surface area contributed by atoms with E-state index in [1.165, 1.54) is 26.3 Å². The van der Waals surface area contributed by atoms with Gasteiger partial charge in [-0.15, -0.1) is 0 Å². The molecule has 25 heavy (non-hydrogen) atoms. The lowest BCUT2D eigenvalue weighted by molar-refractivity contribution is 0.111. The van der Waals surface area contributed by atoms with Crippen molar-refractivity contribution in [2.45, 2.75) is 37.8 Å². The van der Waals surface area contributed by atoms with Crippen LogP contribution >= 0.6 is 0 Å². The molecular formula is C18H26N4O2S. The highest BCUT2D eigenvalue weighted by molar-refractivity contribution is 7.87. The van der Waals surface area contributed by atoms with Gasteiger partial charge in [0.25, 0.3) is 10.2 Å². The van der Waals surface area contributed by atoms with Gasteiger partial charge in [0.1, 0.15) is 0 Å². The van der Waals surface area contributed by atoms with Crippen molar-refractivity contribution in [2.24, 2.45) is 0 Å². The number of aromatic nitrogens is 1. The summed E-state index contributed by atoms with van der Waals surface area (Å²) in [4.78, 5) is 5.83. The number of piperidine rings is 1. The molecule has 136 valence electrons. The van der Waals surface area contributed by atoms with Gasteiger partial charge in [0.15, 0.2) is 0 Å². The number of likely N-dealkylation sites (tertiary alicyclic amines) is 1. The van der Waals surface area contributed by atoms with Gasteiger partial charge in [0, 0.05) is 55.7 Å². The summed E-state index contributed by atoms with van der Waals surface area (Å²) in [7, 11) is -0.281. The van der Waals surface area contributed by atoms with Crippen LogP contribution in [0.25, 0.3) is 10.9 Å². The molecule has 0 amide bonds. The third kappa shape index (κ3) is 2.79. The number of aromatic amines is 1. The minimum Gasteiger partial charge on any atom is -0.361 e. The largest absolute Gasteiger partial charge is 0.361 e. The molecule has 2 aromatic rings. The molecule has 1 aliphatic carbocycles. The second-order valence-electron chi connectivity index (χ2n) is 7.39. The van der Waals surface area contributed by atoms with Crippen LogP contribution in [0.15, 0.2) is 24.4 Å². The van der Waals surface area contributed by atoms with Crippen molar-refractivity contribution in [3.05, 3.63) is 35.5 Å². The van der Waals surface area contributed by atoms with Gasteiger partial charge in [-0.3, -0.25) is 4.90 Å². The topological polar surface area (TPSA) is 68.4 Å². The zero-order valence-corrected chi connectivity index (χ0v) is 15.8. The molecule has 0 saturated carbocycles. The number of H-pyrrole nitrogens is 1. The second-order valence-corrected chi connectivity index (χ2v) is 9.30. The first-order chi connectivity index (χ1) is 11.9. The van der Waals surface area contributed by atoms with E-state index in [-0.39, 0.29) is 6.04 Å². The highest BCUT2D eigenvalue weighted by atomic mass is 32.2. The summed E-state index contributed by atoms with van der Waals surface area (Å²) in [6.45, 7) is 3.85. The Morgan fingerprint density at radius 1 is 1.36 bits per heavy atom. The first-order valence-electron chi connectivity index (χ1n) is 8.93. The standard InChI is InChI=1S/C18H26N4O2S/c1-4-22-11-13(20-25(23,24)21(2)3)9-15-14-6-5-7-16-18(14)12(10-19-16)8-17(15)22/h5-7,10,13,15,17,19-20H,4,8-9,11H2,1-3H3/t13-,15?,17+/m0/s1. The van der Waals surface area contributed by atoms with E-state index in [9.17, 15) is 8.42 Å². The molecule has 2 heterocycles. The molecule has 0 radical (unpaired) electrons. The fourth-order valence-electron chi connectivity index (χ4n) is 4.56. The van der Waals surface area contributed by atoms with E-state index in [0.29, 0.717) is 12.0 Å². The average molecular weight is 362 g/mol. The zero-order valence-electron chi connectivity index (χ0n) is 15.0. The van der Waals surface area contributed by atoms with Crippen molar-refractivity contribution in [1.29, 1.82) is 0 Å². The smallest absolute Gasteiger partial charge is 0.279 e. The van der Waals surface area contributed by atoms with E-state index in [2.05, 4.69) is 45.9 Å². The molecule has 1 saturated heterocycles. The Morgan fingerprint density at radius 2 is 2.16 bits per heavy atom. The van der Waals surface area contributed by atoms with Crippen LogP contribution in [0.3, 0.4) is 0 Å². The molecule has 1 unspecified atom stereocenters. The number of fused-ring (bicyclic) bond motifs is 2. The highest BCUT2D eigenvalue weighted by Crippen LogP contribution is 2.43. The molecule has 0 bridgehead atoms. The molecule has 7 heteroatoms. The summed E-state index contributed by atoms with van der Waals surface area (Å²) in [5, 5.41) is 1.34. The van der Waals surface area contributed by atoms with Gasteiger partial charge in [-0.2, -0.15) is 17.4 Å². The third-order valence-corrected chi connectivity index (χ3v) is 7.37. The maximum Gasteiger partial charge on any atom is 0.279 e. The summed E-state index contributed by atoms with van der Waals surface area (Å²) in [5.74, 6) is 0.357. The molecule has 2 N–H and O–H groups in total. The van der Waals surface area contributed by atoms with Crippen LogP contribution in [-0.4, -0.2) is 61.9 Å². The second kappa shape index (κ2) is 6.09. The van der Waals surface area contributed by atoms with Crippen molar-refractivity contribution in [3.8, 4) is 0 Å². The number of hydrogen-bond acceptors (Lipinski definition) is 3. The number of likely N-dealkylation sites (N-methyl/N-ethyl adjacent to an activating group) is 1. The Labute approximate surface area is 149 Å². The molecule has 2 aliphatic rings. The molecule has 1 aromatic heterocycles. The highest BCUT2D eigenvalue weighted by Gasteiger charge is 2.41. The number of benzene rings is 1. The Kier molecular flexibility index (Phi) is 4.15. The SMILES string of the molecule is CCN1C[C@@H](NS(=O)(=O)N(C)C)CC2c3cccc4[nH]cc(c34)C[C@H]21. The van der Waals surface area contributed by atoms with Crippen molar-refractivity contribution in [1.82, 2.24) is 18.9 Å². The van der Waals surface area contributed by atoms with Crippen LogP contribution in [0.5, 0.6) is 0 Å². The molecule has 0 spiro atoms. The van der Waals surface area contributed by atoms with E-state index < -0.39 is 10.2 Å². The lowest BCUT2D eigenvalue weighted by Gasteiger charge is -2.47. The monoisotopic (exact) mass is 362 g/mol. The molecule has 1 aromatic carbocycles. The Balaban J connectivity index is 1.70. The zero-order chi connectivity index (χ0) is 17.8. The van der Waals surface area contributed by atoms with E-state index in [1.54, 1.807) is 14.1 Å². The van der Waals surface area contributed by atoms with E-state index in [1.807, 2.05) is 0 Å². The van der Waals surface area contributed by atoms with Crippen LogP contribution in [0, 0.1) is 0 Å². The fourth-order valence-corrected chi connectivity index (χ4v) is 5.37. The summed E-state index contributed by atoms with van der Waals surface area (Å²) in [6.07, 6.45) is 4.01. The van der Waals surface area contributed by atoms with E-state index in [4.69, 9.17) is 0 Å². The quantitative estimate of drug-likeness (QED) is 0.869.